The van der Waals surface area contributed by atoms with E-state index < -0.39 is 0 Å². The second-order valence-electron chi connectivity index (χ2n) is 4.83. The Kier molecular flexibility index (Phi) is 3.63. The fourth-order valence-corrected chi connectivity index (χ4v) is 2.50. The van der Waals surface area contributed by atoms with Gasteiger partial charge in [0, 0.05) is 10.9 Å². The van der Waals surface area contributed by atoms with Gasteiger partial charge in [0.15, 0.2) is 0 Å². The molecule has 0 radical (unpaired) electrons. The molecule has 0 atom stereocenters. The minimum absolute atomic E-state index is 0.303. The highest BCUT2D eigenvalue weighted by molar-refractivity contribution is 6.10. The van der Waals surface area contributed by atoms with E-state index in [2.05, 4.69) is 11.1 Å². The topological polar surface area (TPSA) is 65.9 Å². The quantitative estimate of drug-likeness (QED) is 0.744. The first-order valence-corrected chi connectivity index (χ1v) is 7.03. The minimum Gasteiger partial charge on any atom is -0.462 e. The number of nitrogens with one attached hydrogen (secondary N) is 1. The largest absolute Gasteiger partial charge is 0.462 e. The van der Waals surface area contributed by atoms with Crippen LogP contribution < -0.4 is 0 Å². The van der Waals surface area contributed by atoms with E-state index in [1.54, 1.807) is 19.1 Å². The molecule has 3 rings (SSSR count). The van der Waals surface area contributed by atoms with Gasteiger partial charge in [-0.15, -0.1) is 0 Å². The Morgan fingerprint density at radius 2 is 2.00 bits per heavy atom. The number of rotatable bonds is 3. The summed E-state index contributed by atoms with van der Waals surface area (Å²) in [6.07, 6.45) is 0. The van der Waals surface area contributed by atoms with E-state index in [0.29, 0.717) is 28.8 Å². The highest BCUT2D eigenvalue weighted by Gasteiger charge is 2.20. The van der Waals surface area contributed by atoms with Gasteiger partial charge in [0.05, 0.1) is 29.5 Å². The second-order valence-corrected chi connectivity index (χ2v) is 4.83. The van der Waals surface area contributed by atoms with Gasteiger partial charge in [0.25, 0.3) is 0 Å². The molecule has 1 N–H and O–H groups in total. The molecule has 108 valence electrons. The lowest BCUT2D eigenvalue weighted by Crippen LogP contribution is -2.05. The second kappa shape index (κ2) is 5.74. The normalized spacial score (nSPS) is 10.4. The molecule has 22 heavy (non-hydrogen) atoms. The molecule has 0 amide bonds. The lowest BCUT2D eigenvalue weighted by atomic mass is 10.0. The van der Waals surface area contributed by atoms with Crippen molar-refractivity contribution in [3.63, 3.8) is 0 Å². The number of fused-ring (bicyclic) bond motifs is 1. The Hall–Kier alpha value is -3.06. The summed E-state index contributed by atoms with van der Waals surface area (Å²) in [7, 11) is 0. The van der Waals surface area contributed by atoms with Crippen molar-refractivity contribution in [3.05, 3.63) is 59.7 Å². The first kappa shape index (κ1) is 13.9. The Morgan fingerprint density at radius 3 is 2.68 bits per heavy atom. The van der Waals surface area contributed by atoms with Crippen molar-refractivity contribution >= 4 is 16.9 Å². The molecule has 2 aromatic carbocycles. The molecule has 0 saturated heterocycles. The molecule has 0 fully saturated rings. The van der Waals surface area contributed by atoms with Crippen LogP contribution in [0.3, 0.4) is 0 Å². The van der Waals surface area contributed by atoms with E-state index in [9.17, 15) is 4.79 Å². The molecule has 0 unspecified atom stereocenters. The first-order chi connectivity index (χ1) is 10.7. The summed E-state index contributed by atoms with van der Waals surface area (Å²) in [5.74, 6) is -0.386. The van der Waals surface area contributed by atoms with Crippen LogP contribution in [0.15, 0.2) is 48.5 Å². The molecule has 0 spiro atoms. The molecule has 0 bridgehead atoms. The Balaban J connectivity index is 2.29. The van der Waals surface area contributed by atoms with Gasteiger partial charge in [-0.3, -0.25) is 0 Å². The molecular formula is C18H14N2O2. The summed E-state index contributed by atoms with van der Waals surface area (Å²) in [6, 6.07) is 17.0. The van der Waals surface area contributed by atoms with Gasteiger partial charge in [-0.25, -0.2) is 4.79 Å². The molecular weight excluding hydrogens is 276 g/mol. The van der Waals surface area contributed by atoms with Crippen LogP contribution >= 0.6 is 0 Å². The van der Waals surface area contributed by atoms with E-state index >= 15 is 0 Å². The van der Waals surface area contributed by atoms with Gasteiger partial charge in [-0.2, -0.15) is 5.26 Å². The Morgan fingerprint density at radius 1 is 1.23 bits per heavy atom. The summed E-state index contributed by atoms with van der Waals surface area (Å²) in [4.78, 5) is 15.6. The maximum Gasteiger partial charge on any atom is 0.340 e. The van der Waals surface area contributed by atoms with Gasteiger partial charge in [-0.05, 0) is 30.7 Å². The van der Waals surface area contributed by atoms with Crippen LogP contribution in [0.4, 0.5) is 0 Å². The van der Waals surface area contributed by atoms with Crippen LogP contribution in [0.2, 0.25) is 0 Å². The van der Waals surface area contributed by atoms with E-state index in [-0.39, 0.29) is 5.97 Å². The third kappa shape index (κ3) is 2.33. The number of hydrogen-bond donors (Lipinski definition) is 1. The standard InChI is InChI=1S/C18H14N2O2/c1-2-22-18(21)16-14-10-12(11-19)8-9-15(14)20-17(16)13-6-4-3-5-7-13/h3-10,20H,2H2,1H3. The Bertz CT molecular complexity index is 873. The predicted molar refractivity (Wildman–Crippen MR) is 84.4 cm³/mol. The molecule has 1 heterocycles. The zero-order valence-corrected chi connectivity index (χ0v) is 12.1. The van der Waals surface area contributed by atoms with E-state index in [1.165, 1.54) is 0 Å². The average molecular weight is 290 g/mol. The maximum atomic E-state index is 12.4. The average Bonchev–Trinajstić information content (AvgIpc) is 2.94. The molecule has 4 nitrogen and oxygen atoms in total. The maximum absolute atomic E-state index is 12.4. The minimum atomic E-state index is -0.386. The number of aromatic amines is 1. The van der Waals surface area contributed by atoms with Crippen LogP contribution in [0.1, 0.15) is 22.8 Å². The number of esters is 1. The summed E-state index contributed by atoms with van der Waals surface area (Å²) >= 11 is 0. The van der Waals surface area contributed by atoms with Gasteiger partial charge >= 0.3 is 5.97 Å². The molecule has 0 aliphatic carbocycles. The van der Waals surface area contributed by atoms with Crippen LogP contribution in [-0.2, 0) is 4.74 Å². The Labute approximate surface area is 128 Å². The van der Waals surface area contributed by atoms with E-state index in [0.717, 1.165) is 11.1 Å². The number of ether oxygens (including phenoxy) is 1. The number of aromatic nitrogens is 1. The number of carbonyl (C=O) groups is 1. The summed E-state index contributed by atoms with van der Waals surface area (Å²) < 4.78 is 5.19. The predicted octanol–water partition coefficient (Wildman–Crippen LogP) is 3.88. The number of nitriles is 1. The van der Waals surface area contributed by atoms with E-state index in [4.69, 9.17) is 10.00 Å². The van der Waals surface area contributed by atoms with Crippen molar-refractivity contribution in [1.29, 1.82) is 5.26 Å². The smallest absolute Gasteiger partial charge is 0.340 e. The van der Waals surface area contributed by atoms with Crippen molar-refractivity contribution in [2.45, 2.75) is 6.92 Å². The van der Waals surface area contributed by atoms with Crippen molar-refractivity contribution in [1.82, 2.24) is 4.98 Å². The van der Waals surface area contributed by atoms with Crippen molar-refractivity contribution in [2.75, 3.05) is 6.61 Å². The summed E-state index contributed by atoms with van der Waals surface area (Å²) in [6.45, 7) is 2.08. The number of benzene rings is 2. The number of carbonyl (C=O) groups excluding carboxylic acids is 1. The molecule has 1 aromatic heterocycles. The lowest BCUT2D eigenvalue weighted by molar-refractivity contribution is 0.0529. The van der Waals surface area contributed by atoms with Gasteiger partial charge in [-0.1, -0.05) is 30.3 Å². The molecule has 0 aliphatic rings. The van der Waals surface area contributed by atoms with Crippen LogP contribution in [-0.4, -0.2) is 17.6 Å². The molecule has 0 aliphatic heterocycles. The SMILES string of the molecule is CCOC(=O)c1c(-c2ccccc2)[nH]c2ccc(C#N)cc12. The van der Waals surface area contributed by atoms with Crippen LogP contribution in [0, 0.1) is 11.3 Å². The zero-order valence-electron chi connectivity index (χ0n) is 12.1. The molecule has 4 heteroatoms. The monoisotopic (exact) mass is 290 g/mol. The van der Waals surface area contributed by atoms with Crippen LogP contribution in [0.5, 0.6) is 0 Å². The van der Waals surface area contributed by atoms with Gasteiger partial charge in [0.1, 0.15) is 0 Å². The summed E-state index contributed by atoms with van der Waals surface area (Å²) in [5, 5.41) is 9.78. The fraction of sp³-hybridized carbons (Fsp3) is 0.111. The number of hydrogen-bond acceptors (Lipinski definition) is 3. The third-order valence-electron chi connectivity index (χ3n) is 3.47. The summed E-state index contributed by atoms with van der Waals surface area (Å²) in [5.41, 5.74) is 3.40. The lowest BCUT2D eigenvalue weighted by Gasteiger charge is -2.04. The van der Waals surface area contributed by atoms with Gasteiger partial charge in [0.2, 0.25) is 0 Å². The first-order valence-electron chi connectivity index (χ1n) is 7.03. The highest BCUT2D eigenvalue weighted by Crippen LogP contribution is 2.31. The van der Waals surface area contributed by atoms with Crippen LogP contribution in [0.25, 0.3) is 22.2 Å². The third-order valence-corrected chi connectivity index (χ3v) is 3.47. The number of nitrogens with zero attached hydrogens (tertiary/aromatic N) is 1. The molecule has 3 aromatic rings. The van der Waals surface area contributed by atoms with Crippen molar-refractivity contribution < 1.29 is 9.53 Å². The fourth-order valence-electron chi connectivity index (χ4n) is 2.50. The highest BCUT2D eigenvalue weighted by atomic mass is 16.5. The van der Waals surface area contributed by atoms with Crippen molar-refractivity contribution in [2.24, 2.45) is 0 Å². The van der Waals surface area contributed by atoms with Crippen molar-refractivity contribution in [3.8, 4) is 17.3 Å². The van der Waals surface area contributed by atoms with Gasteiger partial charge < -0.3 is 9.72 Å². The zero-order chi connectivity index (χ0) is 15.5. The number of H-pyrrole nitrogens is 1. The molecule has 0 saturated carbocycles. The van der Waals surface area contributed by atoms with E-state index in [1.807, 2.05) is 36.4 Å².